The Kier molecular flexibility index (Phi) is 3.09. The number of ether oxygens (including phenoxy) is 1. The molecule has 0 saturated heterocycles. The Morgan fingerprint density at radius 1 is 1.38 bits per heavy atom. The van der Waals surface area contributed by atoms with Gasteiger partial charge in [-0.25, -0.2) is 0 Å². The summed E-state index contributed by atoms with van der Waals surface area (Å²) in [5, 5.41) is 0. The van der Waals surface area contributed by atoms with Gasteiger partial charge in [-0.2, -0.15) is 0 Å². The van der Waals surface area contributed by atoms with E-state index in [2.05, 4.69) is 15.9 Å². The molecule has 0 atom stereocenters. The number of carbonyl (C=O) groups excluding carboxylic acids is 1. The first-order valence-electron chi connectivity index (χ1n) is 3.95. The lowest BCUT2D eigenvalue weighted by atomic mass is 10.2. The number of hydrogen-bond acceptors (Lipinski definition) is 2. The molecule has 0 N–H and O–H groups in total. The van der Waals surface area contributed by atoms with Gasteiger partial charge in [0, 0.05) is 0 Å². The number of carbonyl (C=O) groups is 1. The molecule has 13 heavy (non-hydrogen) atoms. The van der Waals surface area contributed by atoms with Gasteiger partial charge in [-0.3, -0.25) is 4.79 Å². The summed E-state index contributed by atoms with van der Waals surface area (Å²) in [4.78, 5) is 10.6. The van der Waals surface area contributed by atoms with Crippen molar-refractivity contribution >= 4 is 22.2 Å². The summed E-state index contributed by atoms with van der Waals surface area (Å²) in [6, 6.07) is 7.44. The van der Waals surface area contributed by atoms with Gasteiger partial charge < -0.3 is 4.74 Å². The third-order valence-corrected chi connectivity index (χ3v) is 2.15. The maximum atomic E-state index is 10.6. The van der Waals surface area contributed by atoms with Crippen molar-refractivity contribution in [2.24, 2.45) is 0 Å². The van der Waals surface area contributed by atoms with Crippen molar-refractivity contribution in [1.82, 2.24) is 0 Å². The number of para-hydroxylation sites is 1. The molecule has 1 aromatic rings. The van der Waals surface area contributed by atoms with Crippen molar-refractivity contribution in [1.29, 1.82) is 0 Å². The van der Waals surface area contributed by atoms with Crippen LogP contribution in [0.25, 0.3) is 0 Å². The third kappa shape index (κ3) is 2.84. The monoisotopic (exact) mass is 242 g/mol. The van der Waals surface area contributed by atoms with Crippen LogP contribution < -0.4 is 4.74 Å². The molecule has 3 heteroatoms. The Bertz CT molecular complexity index is 308. The van der Waals surface area contributed by atoms with Gasteiger partial charge in [0.05, 0.1) is 4.47 Å². The minimum atomic E-state index is -0.774. The molecule has 0 radical (unpaired) electrons. The number of benzene rings is 1. The second kappa shape index (κ2) is 3.92. The minimum absolute atomic E-state index is 0.680. The molecule has 0 unspecified atom stereocenters. The van der Waals surface area contributed by atoms with E-state index in [1.807, 2.05) is 24.3 Å². The summed E-state index contributed by atoms with van der Waals surface area (Å²) in [5.41, 5.74) is -0.774. The van der Waals surface area contributed by atoms with Crippen molar-refractivity contribution in [3.8, 4) is 5.75 Å². The second-order valence-corrected chi connectivity index (χ2v) is 4.11. The molecule has 0 heterocycles. The van der Waals surface area contributed by atoms with Crippen LogP contribution in [0.5, 0.6) is 5.75 Å². The van der Waals surface area contributed by atoms with Crippen LogP contribution in [0.1, 0.15) is 13.8 Å². The fourth-order valence-corrected chi connectivity index (χ4v) is 1.20. The van der Waals surface area contributed by atoms with Gasteiger partial charge in [0.25, 0.3) is 0 Å². The largest absolute Gasteiger partial charge is 0.479 e. The van der Waals surface area contributed by atoms with Crippen LogP contribution in [0.4, 0.5) is 0 Å². The van der Waals surface area contributed by atoms with E-state index < -0.39 is 5.60 Å². The summed E-state index contributed by atoms with van der Waals surface area (Å²) in [6.07, 6.45) is 0.784. The smallest absolute Gasteiger partial charge is 0.162 e. The highest BCUT2D eigenvalue weighted by molar-refractivity contribution is 9.10. The van der Waals surface area contributed by atoms with Crippen LogP contribution in [-0.2, 0) is 4.79 Å². The fraction of sp³-hybridized carbons (Fsp3) is 0.300. The van der Waals surface area contributed by atoms with Crippen LogP contribution in [-0.4, -0.2) is 11.9 Å². The lowest BCUT2D eigenvalue weighted by Crippen LogP contribution is -2.29. The molecule has 0 aliphatic carbocycles. The maximum Gasteiger partial charge on any atom is 0.162 e. The summed E-state index contributed by atoms with van der Waals surface area (Å²) < 4.78 is 6.32. The average Bonchev–Trinajstić information content (AvgIpc) is 2.09. The first kappa shape index (κ1) is 10.3. The molecule has 0 bridgehead atoms. The number of halogens is 1. The van der Waals surface area contributed by atoms with E-state index in [0.29, 0.717) is 5.75 Å². The molecular formula is C10H11BrO2. The number of hydrogen-bond donors (Lipinski definition) is 0. The quantitative estimate of drug-likeness (QED) is 0.763. The van der Waals surface area contributed by atoms with Crippen LogP contribution in [0, 0.1) is 0 Å². The van der Waals surface area contributed by atoms with Crippen molar-refractivity contribution in [2.75, 3.05) is 0 Å². The normalized spacial score (nSPS) is 11.0. The highest BCUT2D eigenvalue weighted by Gasteiger charge is 2.18. The van der Waals surface area contributed by atoms with Crippen molar-refractivity contribution < 1.29 is 9.53 Å². The van der Waals surface area contributed by atoms with Crippen LogP contribution in [0.15, 0.2) is 28.7 Å². The molecular weight excluding hydrogens is 232 g/mol. The highest BCUT2D eigenvalue weighted by atomic mass is 79.9. The molecule has 1 aromatic carbocycles. The van der Waals surface area contributed by atoms with E-state index in [4.69, 9.17) is 4.74 Å². The van der Waals surface area contributed by atoms with E-state index in [1.54, 1.807) is 13.8 Å². The number of rotatable bonds is 3. The molecule has 70 valence electrons. The van der Waals surface area contributed by atoms with Gasteiger partial charge >= 0.3 is 0 Å². The summed E-state index contributed by atoms with van der Waals surface area (Å²) in [6.45, 7) is 3.44. The van der Waals surface area contributed by atoms with Gasteiger partial charge in [-0.15, -0.1) is 0 Å². The zero-order valence-corrected chi connectivity index (χ0v) is 9.17. The summed E-state index contributed by atoms with van der Waals surface area (Å²) >= 11 is 3.34. The summed E-state index contributed by atoms with van der Waals surface area (Å²) in [7, 11) is 0. The first-order chi connectivity index (χ1) is 6.05. The Hall–Kier alpha value is -0.830. The molecule has 0 spiro atoms. The molecule has 2 nitrogen and oxygen atoms in total. The predicted octanol–water partition coefficient (Wildman–Crippen LogP) is 2.81. The fourth-order valence-electron chi connectivity index (χ4n) is 0.835. The van der Waals surface area contributed by atoms with E-state index in [1.165, 1.54) is 0 Å². The van der Waals surface area contributed by atoms with Gasteiger partial charge in [-0.05, 0) is 41.9 Å². The van der Waals surface area contributed by atoms with E-state index >= 15 is 0 Å². The molecule has 0 fully saturated rings. The van der Waals surface area contributed by atoms with Gasteiger partial charge in [-0.1, -0.05) is 12.1 Å². The average molecular weight is 243 g/mol. The van der Waals surface area contributed by atoms with Crippen molar-refractivity contribution in [2.45, 2.75) is 19.4 Å². The maximum absolute atomic E-state index is 10.6. The molecule has 0 saturated carbocycles. The zero-order valence-electron chi connectivity index (χ0n) is 7.58. The lowest BCUT2D eigenvalue weighted by Gasteiger charge is -2.20. The SMILES string of the molecule is CC(C)(C=O)Oc1ccccc1Br. The van der Waals surface area contributed by atoms with Gasteiger partial charge in [0.15, 0.2) is 11.9 Å². The van der Waals surface area contributed by atoms with E-state index in [9.17, 15) is 4.79 Å². The minimum Gasteiger partial charge on any atom is -0.479 e. The second-order valence-electron chi connectivity index (χ2n) is 3.25. The molecule has 0 aromatic heterocycles. The Morgan fingerprint density at radius 2 is 2.00 bits per heavy atom. The predicted molar refractivity (Wildman–Crippen MR) is 54.9 cm³/mol. The topological polar surface area (TPSA) is 26.3 Å². The zero-order chi connectivity index (χ0) is 9.90. The highest BCUT2D eigenvalue weighted by Crippen LogP contribution is 2.26. The van der Waals surface area contributed by atoms with Gasteiger partial charge in [0.2, 0.25) is 0 Å². The van der Waals surface area contributed by atoms with Crippen LogP contribution >= 0.6 is 15.9 Å². The molecule has 0 aliphatic heterocycles. The lowest BCUT2D eigenvalue weighted by molar-refractivity contribution is -0.119. The molecule has 0 aliphatic rings. The standard InChI is InChI=1S/C10H11BrO2/c1-10(2,7-12)13-9-6-4-3-5-8(9)11/h3-7H,1-2H3. The Balaban J connectivity index is 2.86. The van der Waals surface area contributed by atoms with Crippen LogP contribution in [0.2, 0.25) is 0 Å². The van der Waals surface area contributed by atoms with E-state index in [0.717, 1.165) is 10.8 Å². The van der Waals surface area contributed by atoms with Gasteiger partial charge in [0.1, 0.15) is 5.75 Å². The first-order valence-corrected chi connectivity index (χ1v) is 4.74. The Labute approximate surface area is 86.0 Å². The van der Waals surface area contributed by atoms with Crippen molar-refractivity contribution in [3.05, 3.63) is 28.7 Å². The number of aldehydes is 1. The molecule has 1 rings (SSSR count). The Morgan fingerprint density at radius 3 is 2.54 bits per heavy atom. The van der Waals surface area contributed by atoms with Crippen molar-refractivity contribution in [3.63, 3.8) is 0 Å². The van der Waals surface area contributed by atoms with E-state index in [-0.39, 0.29) is 0 Å². The van der Waals surface area contributed by atoms with Crippen LogP contribution in [0.3, 0.4) is 0 Å². The summed E-state index contributed by atoms with van der Waals surface area (Å²) in [5.74, 6) is 0.680. The third-order valence-electron chi connectivity index (χ3n) is 1.49. The molecule has 0 amide bonds.